The summed E-state index contributed by atoms with van der Waals surface area (Å²) in [5, 5.41) is 0. The lowest BCUT2D eigenvalue weighted by Crippen LogP contribution is -2.39. The van der Waals surface area contributed by atoms with Gasteiger partial charge in [-0.1, -0.05) is 37.3 Å². The molecular formula is C24H26N2O3. The Balaban J connectivity index is 1.80. The van der Waals surface area contributed by atoms with Gasteiger partial charge < -0.3 is 9.64 Å². The third-order valence-corrected chi connectivity index (χ3v) is 5.38. The van der Waals surface area contributed by atoms with Crippen LogP contribution in [0.3, 0.4) is 0 Å². The summed E-state index contributed by atoms with van der Waals surface area (Å²) in [6, 6.07) is 15.4. The fraction of sp³-hybridized carbons (Fsp3) is 0.333. The SMILES string of the molecule is CCCOc1ccc(C2=C(N3CCc4ccccc43)C(=O)N(C(C)C)C2=O)cc1. The molecule has 0 radical (unpaired) electrons. The van der Waals surface area contributed by atoms with Gasteiger partial charge in [0.15, 0.2) is 0 Å². The second-order valence-electron chi connectivity index (χ2n) is 7.70. The van der Waals surface area contributed by atoms with Crippen LogP contribution >= 0.6 is 0 Å². The van der Waals surface area contributed by atoms with Crippen LogP contribution in [0.15, 0.2) is 54.2 Å². The number of hydrogen-bond donors (Lipinski definition) is 0. The number of carbonyl (C=O) groups excluding carboxylic acids is 2. The highest BCUT2D eigenvalue weighted by atomic mass is 16.5. The molecule has 2 amide bonds. The largest absolute Gasteiger partial charge is 0.494 e. The summed E-state index contributed by atoms with van der Waals surface area (Å²) in [7, 11) is 0. The van der Waals surface area contributed by atoms with E-state index in [2.05, 4.69) is 13.0 Å². The van der Waals surface area contributed by atoms with Crippen LogP contribution in [0.25, 0.3) is 5.57 Å². The lowest BCUT2D eigenvalue weighted by Gasteiger charge is -2.23. The molecule has 0 aromatic heterocycles. The van der Waals surface area contributed by atoms with Gasteiger partial charge in [0.1, 0.15) is 11.4 Å². The topological polar surface area (TPSA) is 49.9 Å². The molecule has 2 aromatic carbocycles. The fourth-order valence-corrected chi connectivity index (χ4v) is 4.02. The number of para-hydroxylation sites is 1. The smallest absolute Gasteiger partial charge is 0.278 e. The molecule has 0 bridgehead atoms. The Bertz CT molecular complexity index is 976. The number of amides is 2. The van der Waals surface area contributed by atoms with Crippen LogP contribution in [0.5, 0.6) is 5.75 Å². The van der Waals surface area contributed by atoms with Gasteiger partial charge in [0.05, 0.1) is 12.2 Å². The van der Waals surface area contributed by atoms with Gasteiger partial charge in [-0.2, -0.15) is 0 Å². The van der Waals surface area contributed by atoms with Gasteiger partial charge in [0.2, 0.25) is 0 Å². The minimum atomic E-state index is -0.230. The van der Waals surface area contributed by atoms with Crippen LogP contribution in [0.4, 0.5) is 5.69 Å². The van der Waals surface area contributed by atoms with Crippen LogP contribution < -0.4 is 9.64 Å². The summed E-state index contributed by atoms with van der Waals surface area (Å²) in [5.41, 5.74) is 3.91. The number of imide groups is 1. The van der Waals surface area contributed by atoms with E-state index < -0.39 is 0 Å². The third kappa shape index (κ3) is 3.31. The molecule has 150 valence electrons. The van der Waals surface area contributed by atoms with Gasteiger partial charge in [-0.05, 0) is 56.0 Å². The van der Waals surface area contributed by atoms with Crippen molar-refractivity contribution in [2.24, 2.45) is 0 Å². The highest BCUT2D eigenvalue weighted by Crippen LogP contribution is 2.39. The number of nitrogens with zero attached hydrogens (tertiary/aromatic N) is 2. The molecule has 0 atom stereocenters. The first kappa shape index (κ1) is 19.2. The number of rotatable bonds is 6. The highest BCUT2D eigenvalue weighted by Gasteiger charge is 2.44. The highest BCUT2D eigenvalue weighted by molar-refractivity contribution is 6.37. The van der Waals surface area contributed by atoms with Gasteiger partial charge in [0.25, 0.3) is 11.8 Å². The molecule has 0 spiro atoms. The van der Waals surface area contributed by atoms with Gasteiger partial charge in [-0.15, -0.1) is 0 Å². The summed E-state index contributed by atoms with van der Waals surface area (Å²) < 4.78 is 5.66. The van der Waals surface area contributed by atoms with Gasteiger partial charge in [-0.25, -0.2) is 0 Å². The molecular weight excluding hydrogens is 364 g/mol. The molecule has 2 aliphatic rings. The summed E-state index contributed by atoms with van der Waals surface area (Å²) >= 11 is 0. The normalized spacial score (nSPS) is 16.3. The Kier molecular flexibility index (Phi) is 5.14. The maximum Gasteiger partial charge on any atom is 0.278 e. The first-order valence-electron chi connectivity index (χ1n) is 10.2. The molecule has 0 fully saturated rings. The lowest BCUT2D eigenvalue weighted by molar-refractivity contribution is -0.138. The Morgan fingerprint density at radius 1 is 1.00 bits per heavy atom. The van der Waals surface area contributed by atoms with E-state index in [0.717, 1.165) is 29.8 Å². The molecule has 0 saturated carbocycles. The van der Waals surface area contributed by atoms with Crippen molar-refractivity contribution in [1.29, 1.82) is 0 Å². The second-order valence-corrected chi connectivity index (χ2v) is 7.70. The summed E-state index contributed by atoms with van der Waals surface area (Å²) in [4.78, 5) is 30.0. The number of fused-ring (bicyclic) bond motifs is 1. The average molecular weight is 390 g/mol. The van der Waals surface area contributed by atoms with E-state index in [1.807, 2.05) is 61.2 Å². The quantitative estimate of drug-likeness (QED) is 0.699. The van der Waals surface area contributed by atoms with Gasteiger partial charge in [-0.3, -0.25) is 14.5 Å². The van der Waals surface area contributed by atoms with Crippen molar-refractivity contribution in [3.63, 3.8) is 0 Å². The summed E-state index contributed by atoms with van der Waals surface area (Å²) in [5.74, 6) is 0.316. The van der Waals surface area contributed by atoms with Crippen molar-refractivity contribution in [1.82, 2.24) is 4.90 Å². The molecule has 2 heterocycles. The zero-order chi connectivity index (χ0) is 20.5. The Labute approximate surface area is 171 Å². The Morgan fingerprint density at radius 3 is 2.41 bits per heavy atom. The van der Waals surface area contributed by atoms with Crippen molar-refractivity contribution >= 4 is 23.1 Å². The van der Waals surface area contributed by atoms with E-state index in [1.54, 1.807) is 0 Å². The van der Waals surface area contributed by atoms with E-state index in [9.17, 15) is 9.59 Å². The predicted octanol–water partition coefficient (Wildman–Crippen LogP) is 4.03. The van der Waals surface area contributed by atoms with E-state index in [-0.39, 0.29) is 17.9 Å². The standard InChI is InChI=1S/C24H26N2O3/c1-4-15-29-19-11-9-18(10-12-19)21-22(24(28)26(16(2)3)23(21)27)25-14-13-17-7-5-6-8-20(17)25/h5-12,16H,4,13-15H2,1-3H3. The van der Waals surface area contributed by atoms with E-state index in [1.165, 1.54) is 10.5 Å². The summed E-state index contributed by atoms with van der Waals surface area (Å²) in [6.07, 6.45) is 1.79. The van der Waals surface area contributed by atoms with Crippen molar-refractivity contribution in [3.8, 4) is 5.75 Å². The van der Waals surface area contributed by atoms with Crippen molar-refractivity contribution in [3.05, 3.63) is 65.4 Å². The number of benzene rings is 2. The van der Waals surface area contributed by atoms with E-state index >= 15 is 0 Å². The number of carbonyl (C=O) groups is 2. The molecule has 0 saturated heterocycles. The molecule has 4 rings (SSSR count). The van der Waals surface area contributed by atoms with Crippen molar-refractivity contribution in [2.75, 3.05) is 18.1 Å². The average Bonchev–Trinajstić information content (AvgIpc) is 3.24. The minimum absolute atomic E-state index is 0.201. The monoisotopic (exact) mass is 390 g/mol. The number of hydrogen-bond acceptors (Lipinski definition) is 4. The molecule has 2 aromatic rings. The Morgan fingerprint density at radius 2 is 1.72 bits per heavy atom. The zero-order valence-electron chi connectivity index (χ0n) is 17.1. The van der Waals surface area contributed by atoms with Crippen molar-refractivity contribution in [2.45, 2.75) is 39.7 Å². The lowest BCUT2D eigenvalue weighted by atomic mass is 10.0. The molecule has 2 aliphatic heterocycles. The maximum atomic E-state index is 13.3. The van der Waals surface area contributed by atoms with Crippen LogP contribution in [0, 0.1) is 0 Å². The van der Waals surface area contributed by atoms with Gasteiger partial charge in [0, 0.05) is 18.3 Å². The van der Waals surface area contributed by atoms with Gasteiger partial charge >= 0.3 is 0 Å². The Hall–Kier alpha value is -3.08. The minimum Gasteiger partial charge on any atom is -0.494 e. The molecule has 5 heteroatoms. The first-order valence-corrected chi connectivity index (χ1v) is 10.2. The molecule has 29 heavy (non-hydrogen) atoms. The van der Waals surface area contributed by atoms with Crippen LogP contribution in [-0.2, 0) is 16.0 Å². The van der Waals surface area contributed by atoms with Crippen LogP contribution in [0.1, 0.15) is 38.3 Å². The van der Waals surface area contributed by atoms with E-state index in [0.29, 0.717) is 24.4 Å². The van der Waals surface area contributed by atoms with E-state index in [4.69, 9.17) is 4.74 Å². The first-order chi connectivity index (χ1) is 14.0. The third-order valence-electron chi connectivity index (χ3n) is 5.38. The predicted molar refractivity (Wildman–Crippen MR) is 114 cm³/mol. The number of anilines is 1. The summed E-state index contributed by atoms with van der Waals surface area (Å²) in [6.45, 7) is 7.14. The van der Waals surface area contributed by atoms with Crippen LogP contribution in [0.2, 0.25) is 0 Å². The molecule has 0 unspecified atom stereocenters. The molecule has 0 aliphatic carbocycles. The van der Waals surface area contributed by atoms with Crippen molar-refractivity contribution < 1.29 is 14.3 Å². The van der Waals surface area contributed by atoms with Crippen LogP contribution in [-0.4, -0.2) is 35.9 Å². The maximum absolute atomic E-state index is 13.3. The second kappa shape index (κ2) is 7.74. The molecule has 0 N–H and O–H groups in total. The zero-order valence-corrected chi connectivity index (χ0v) is 17.1. The molecule has 5 nitrogen and oxygen atoms in total. The fourth-order valence-electron chi connectivity index (χ4n) is 4.02. The number of ether oxygens (including phenoxy) is 1.